The van der Waals surface area contributed by atoms with Crippen LogP contribution in [0.3, 0.4) is 0 Å². The Kier molecular flexibility index (Phi) is 7.42. The standard InChI is InChI=1S/C14H21ClN2O.ClH/c1-4-8-14(2,16)13(18)17(3)10-11-6-5-7-12(15)9-11;/h5-7,9H,4,8,10,16H2,1-3H3;1H. The number of benzene rings is 1. The molecule has 0 bridgehead atoms. The molecule has 0 heterocycles. The van der Waals surface area contributed by atoms with Crippen LogP contribution in [0.15, 0.2) is 24.3 Å². The summed E-state index contributed by atoms with van der Waals surface area (Å²) in [5, 5.41) is 0.678. The van der Waals surface area contributed by atoms with Gasteiger partial charge in [-0.15, -0.1) is 12.4 Å². The van der Waals surface area contributed by atoms with Crippen molar-refractivity contribution in [2.24, 2.45) is 5.73 Å². The van der Waals surface area contributed by atoms with Crippen LogP contribution in [0.1, 0.15) is 32.3 Å². The van der Waals surface area contributed by atoms with Gasteiger partial charge < -0.3 is 10.6 Å². The monoisotopic (exact) mass is 304 g/mol. The van der Waals surface area contributed by atoms with E-state index in [-0.39, 0.29) is 18.3 Å². The molecule has 0 saturated heterocycles. The Bertz CT molecular complexity index is 422. The third-order valence-electron chi connectivity index (χ3n) is 2.91. The highest BCUT2D eigenvalue weighted by molar-refractivity contribution is 6.30. The highest BCUT2D eigenvalue weighted by Gasteiger charge is 2.29. The second kappa shape index (κ2) is 7.73. The Morgan fingerprint density at radius 2 is 2.11 bits per heavy atom. The molecule has 0 aromatic heterocycles. The van der Waals surface area contributed by atoms with Crippen molar-refractivity contribution >= 4 is 29.9 Å². The van der Waals surface area contributed by atoms with E-state index in [1.807, 2.05) is 31.2 Å². The number of nitrogens with two attached hydrogens (primary N) is 1. The van der Waals surface area contributed by atoms with E-state index in [2.05, 4.69) is 0 Å². The minimum absolute atomic E-state index is 0. The molecule has 0 spiro atoms. The van der Waals surface area contributed by atoms with E-state index in [1.165, 1.54) is 0 Å². The zero-order valence-electron chi connectivity index (χ0n) is 11.6. The van der Waals surface area contributed by atoms with E-state index in [0.29, 0.717) is 18.0 Å². The number of likely N-dealkylation sites (N-methyl/N-ethyl adjacent to an activating group) is 1. The van der Waals surface area contributed by atoms with Crippen LogP contribution in [-0.2, 0) is 11.3 Å². The number of amides is 1. The molecule has 1 unspecified atom stereocenters. The van der Waals surface area contributed by atoms with Gasteiger partial charge in [0.25, 0.3) is 0 Å². The fraction of sp³-hybridized carbons (Fsp3) is 0.500. The lowest BCUT2D eigenvalue weighted by Crippen LogP contribution is -2.51. The molecule has 0 aliphatic carbocycles. The maximum atomic E-state index is 12.2. The third kappa shape index (κ3) is 5.39. The molecule has 19 heavy (non-hydrogen) atoms. The fourth-order valence-electron chi connectivity index (χ4n) is 2.04. The van der Waals surface area contributed by atoms with E-state index < -0.39 is 5.54 Å². The first kappa shape index (κ1) is 18.2. The topological polar surface area (TPSA) is 46.3 Å². The Balaban J connectivity index is 0.00000324. The number of carbonyl (C=O) groups is 1. The Morgan fingerprint density at radius 3 is 2.63 bits per heavy atom. The Morgan fingerprint density at radius 1 is 1.47 bits per heavy atom. The third-order valence-corrected chi connectivity index (χ3v) is 3.15. The number of nitrogens with zero attached hydrogens (tertiary/aromatic N) is 1. The molecule has 1 amide bonds. The molecule has 1 aromatic carbocycles. The Hall–Kier alpha value is -0.770. The summed E-state index contributed by atoms with van der Waals surface area (Å²) in [7, 11) is 1.77. The van der Waals surface area contributed by atoms with Crippen LogP contribution in [0, 0.1) is 0 Å². The minimum Gasteiger partial charge on any atom is -0.340 e. The lowest BCUT2D eigenvalue weighted by molar-refractivity contribution is -0.135. The largest absolute Gasteiger partial charge is 0.340 e. The maximum absolute atomic E-state index is 12.2. The van der Waals surface area contributed by atoms with Gasteiger partial charge in [0.1, 0.15) is 0 Å². The molecule has 108 valence electrons. The Labute approximate surface area is 126 Å². The number of hydrogen-bond donors (Lipinski definition) is 1. The van der Waals surface area contributed by atoms with Crippen LogP contribution in [0.5, 0.6) is 0 Å². The number of hydrogen-bond acceptors (Lipinski definition) is 2. The summed E-state index contributed by atoms with van der Waals surface area (Å²) in [6.45, 7) is 4.33. The molecule has 2 N–H and O–H groups in total. The van der Waals surface area contributed by atoms with Crippen molar-refractivity contribution in [1.29, 1.82) is 0 Å². The van der Waals surface area contributed by atoms with Crippen molar-refractivity contribution in [3.63, 3.8) is 0 Å². The zero-order valence-corrected chi connectivity index (χ0v) is 13.2. The molecule has 1 aromatic rings. The summed E-state index contributed by atoms with van der Waals surface area (Å²) in [5.74, 6) is -0.0377. The molecule has 0 aliphatic heterocycles. The van der Waals surface area contributed by atoms with Gasteiger partial charge in [-0.25, -0.2) is 0 Å². The van der Waals surface area contributed by atoms with Gasteiger partial charge in [0.15, 0.2) is 0 Å². The molecule has 0 fully saturated rings. The quantitative estimate of drug-likeness (QED) is 0.908. The van der Waals surface area contributed by atoms with Gasteiger partial charge in [-0.05, 0) is 31.0 Å². The minimum atomic E-state index is -0.790. The van der Waals surface area contributed by atoms with E-state index in [1.54, 1.807) is 18.9 Å². The van der Waals surface area contributed by atoms with Crippen LogP contribution in [0.25, 0.3) is 0 Å². The summed E-state index contributed by atoms with van der Waals surface area (Å²) in [6.07, 6.45) is 1.58. The highest BCUT2D eigenvalue weighted by atomic mass is 35.5. The second-order valence-electron chi connectivity index (χ2n) is 4.96. The van der Waals surface area contributed by atoms with Gasteiger partial charge in [0, 0.05) is 18.6 Å². The fourth-order valence-corrected chi connectivity index (χ4v) is 2.26. The summed E-state index contributed by atoms with van der Waals surface area (Å²) < 4.78 is 0. The van der Waals surface area contributed by atoms with Crippen molar-refractivity contribution in [2.45, 2.75) is 38.8 Å². The molecule has 1 rings (SSSR count). The summed E-state index contributed by atoms with van der Waals surface area (Å²) in [6, 6.07) is 7.50. The highest BCUT2D eigenvalue weighted by Crippen LogP contribution is 2.16. The van der Waals surface area contributed by atoms with Crippen LogP contribution >= 0.6 is 24.0 Å². The lowest BCUT2D eigenvalue weighted by Gasteiger charge is -2.29. The summed E-state index contributed by atoms with van der Waals surface area (Å²) >= 11 is 5.92. The van der Waals surface area contributed by atoms with Crippen molar-refractivity contribution in [3.8, 4) is 0 Å². The number of halogens is 2. The average Bonchev–Trinajstić information content (AvgIpc) is 2.27. The molecule has 0 radical (unpaired) electrons. The van der Waals surface area contributed by atoms with Gasteiger partial charge in [-0.2, -0.15) is 0 Å². The van der Waals surface area contributed by atoms with Crippen molar-refractivity contribution < 1.29 is 4.79 Å². The zero-order chi connectivity index (χ0) is 13.8. The lowest BCUT2D eigenvalue weighted by atomic mass is 9.96. The number of carbonyl (C=O) groups excluding carboxylic acids is 1. The molecule has 0 aliphatic rings. The number of rotatable bonds is 5. The predicted molar refractivity (Wildman–Crippen MR) is 82.7 cm³/mol. The van der Waals surface area contributed by atoms with Gasteiger partial charge in [0.05, 0.1) is 5.54 Å². The molecular formula is C14H22Cl2N2O. The first-order valence-corrected chi connectivity index (χ1v) is 6.53. The summed E-state index contributed by atoms with van der Waals surface area (Å²) in [4.78, 5) is 13.9. The van der Waals surface area contributed by atoms with Gasteiger partial charge >= 0.3 is 0 Å². The SMILES string of the molecule is CCCC(C)(N)C(=O)N(C)Cc1cccc(Cl)c1.Cl. The first-order valence-electron chi connectivity index (χ1n) is 6.15. The molecule has 1 atom stereocenters. The maximum Gasteiger partial charge on any atom is 0.242 e. The van der Waals surface area contributed by atoms with Gasteiger partial charge in [-0.3, -0.25) is 4.79 Å². The predicted octanol–water partition coefficient (Wildman–Crippen LogP) is 3.24. The van der Waals surface area contributed by atoms with E-state index in [4.69, 9.17) is 17.3 Å². The molecule has 0 saturated carbocycles. The van der Waals surface area contributed by atoms with Crippen LogP contribution in [0.4, 0.5) is 0 Å². The molecule has 5 heteroatoms. The normalized spacial score (nSPS) is 13.3. The van der Waals surface area contributed by atoms with Crippen molar-refractivity contribution in [3.05, 3.63) is 34.9 Å². The molecule has 3 nitrogen and oxygen atoms in total. The van der Waals surface area contributed by atoms with E-state index in [9.17, 15) is 4.79 Å². The van der Waals surface area contributed by atoms with E-state index in [0.717, 1.165) is 12.0 Å². The van der Waals surface area contributed by atoms with Crippen molar-refractivity contribution in [2.75, 3.05) is 7.05 Å². The smallest absolute Gasteiger partial charge is 0.242 e. The first-order chi connectivity index (χ1) is 8.36. The molecular weight excluding hydrogens is 283 g/mol. The second-order valence-corrected chi connectivity index (χ2v) is 5.40. The van der Waals surface area contributed by atoms with Crippen LogP contribution in [-0.4, -0.2) is 23.4 Å². The summed E-state index contributed by atoms with van der Waals surface area (Å²) in [5.41, 5.74) is 6.25. The van der Waals surface area contributed by atoms with Crippen LogP contribution < -0.4 is 5.73 Å². The van der Waals surface area contributed by atoms with Crippen molar-refractivity contribution in [1.82, 2.24) is 4.90 Å². The van der Waals surface area contributed by atoms with E-state index >= 15 is 0 Å². The van der Waals surface area contributed by atoms with Crippen LogP contribution in [0.2, 0.25) is 5.02 Å². The average molecular weight is 305 g/mol. The van der Waals surface area contributed by atoms with Gasteiger partial charge in [0.2, 0.25) is 5.91 Å². The van der Waals surface area contributed by atoms with Gasteiger partial charge in [-0.1, -0.05) is 37.1 Å².